The third-order valence-corrected chi connectivity index (χ3v) is 2.72. The van der Waals surface area contributed by atoms with Crippen molar-refractivity contribution >= 4 is 17.9 Å². The highest BCUT2D eigenvalue weighted by molar-refractivity contribution is 6.33. The summed E-state index contributed by atoms with van der Waals surface area (Å²) in [6.45, 7) is 3.96. The topological polar surface area (TPSA) is 30.2 Å². The lowest BCUT2D eigenvalue weighted by Gasteiger charge is -2.06. The number of furan rings is 1. The van der Waals surface area contributed by atoms with Gasteiger partial charge in [0.2, 0.25) is 0 Å². The highest BCUT2D eigenvalue weighted by Crippen LogP contribution is 2.33. The van der Waals surface area contributed by atoms with Crippen LogP contribution in [0.15, 0.2) is 28.7 Å². The van der Waals surface area contributed by atoms with Crippen LogP contribution < -0.4 is 0 Å². The monoisotopic (exact) mass is 234 g/mol. The van der Waals surface area contributed by atoms with Crippen molar-refractivity contribution in [1.29, 1.82) is 0 Å². The van der Waals surface area contributed by atoms with Gasteiger partial charge in [0.25, 0.3) is 0 Å². The van der Waals surface area contributed by atoms with Gasteiger partial charge in [-0.2, -0.15) is 0 Å². The van der Waals surface area contributed by atoms with Gasteiger partial charge in [0, 0.05) is 5.56 Å². The maximum absolute atomic E-state index is 10.5. The van der Waals surface area contributed by atoms with Crippen LogP contribution in [0.5, 0.6) is 0 Å². The van der Waals surface area contributed by atoms with Crippen molar-refractivity contribution in [2.45, 2.75) is 13.8 Å². The van der Waals surface area contributed by atoms with Gasteiger partial charge in [0.15, 0.2) is 12.0 Å². The fraction of sp³-hybridized carbons (Fsp3) is 0.154. The van der Waals surface area contributed by atoms with Gasteiger partial charge in [0.05, 0.1) is 5.02 Å². The molecular formula is C13H11ClO2. The fourth-order valence-corrected chi connectivity index (χ4v) is 2.19. The lowest BCUT2D eigenvalue weighted by Crippen LogP contribution is -1.85. The van der Waals surface area contributed by atoms with Crippen molar-refractivity contribution in [3.63, 3.8) is 0 Å². The van der Waals surface area contributed by atoms with Gasteiger partial charge in [-0.15, -0.1) is 0 Å². The summed E-state index contributed by atoms with van der Waals surface area (Å²) in [4.78, 5) is 10.5. The van der Waals surface area contributed by atoms with Gasteiger partial charge in [-0.1, -0.05) is 17.7 Å². The van der Waals surface area contributed by atoms with Gasteiger partial charge in [0.1, 0.15) is 5.76 Å². The number of aldehydes is 1. The molecule has 0 aliphatic carbocycles. The zero-order valence-electron chi connectivity index (χ0n) is 9.08. The minimum absolute atomic E-state index is 0.311. The van der Waals surface area contributed by atoms with Gasteiger partial charge in [-0.25, -0.2) is 0 Å². The molecule has 1 heterocycles. The van der Waals surface area contributed by atoms with Gasteiger partial charge in [-0.05, 0) is 43.2 Å². The number of aryl methyl sites for hydroxylation is 2. The molecule has 0 unspecified atom stereocenters. The molecule has 2 aromatic rings. The van der Waals surface area contributed by atoms with E-state index in [1.807, 2.05) is 26.0 Å². The molecule has 1 aromatic heterocycles. The normalized spacial score (nSPS) is 10.4. The molecule has 0 saturated heterocycles. The van der Waals surface area contributed by atoms with Crippen LogP contribution in [-0.2, 0) is 0 Å². The van der Waals surface area contributed by atoms with E-state index in [1.54, 1.807) is 12.1 Å². The molecule has 1 aromatic carbocycles. The summed E-state index contributed by atoms with van der Waals surface area (Å²) in [5, 5.41) is 0.643. The molecule has 0 aliphatic heterocycles. The Hall–Kier alpha value is -1.54. The molecule has 16 heavy (non-hydrogen) atoms. The van der Waals surface area contributed by atoms with Crippen molar-refractivity contribution in [3.05, 3.63) is 46.2 Å². The molecule has 0 atom stereocenters. The summed E-state index contributed by atoms with van der Waals surface area (Å²) in [6.07, 6.45) is 0.681. The van der Waals surface area contributed by atoms with Crippen molar-refractivity contribution in [2.75, 3.05) is 0 Å². The van der Waals surface area contributed by atoms with E-state index in [4.69, 9.17) is 16.0 Å². The predicted molar refractivity (Wildman–Crippen MR) is 64.0 cm³/mol. The predicted octanol–water partition coefficient (Wildman–Crippen LogP) is 4.03. The minimum atomic E-state index is 0.311. The molecule has 0 saturated carbocycles. The number of carbonyl (C=O) groups is 1. The lowest BCUT2D eigenvalue weighted by atomic mass is 10.0. The number of hydrogen-bond acceptors (Lipinski definition) is 2. The first-order chi connectivity index (χ1) is 7.61. The highest BCUT2D eigenvalue weighted by Gasteiger charge is 2.11. The quantitative estimate of drug-likeness (QED) is 0.735. The Morgan fingerprint density at radius 3 is 2.56 bits per heavy atom. The van der Waals surface area contributed by atoms with E-state index >= 15 is 0 Å². The standard InChI is InChI=1S/C13H11ClO2/c1-8-5-9(2)13(11(14)6-8)12-4-3-10(7-15)16-12/h3-7H,1-2H3. The second kappa shape index (κ2) is 4.14. The van der Waals surface area contributed by atoms with E-state index in [0.717, 1.165) is 16.7 Å². The van der Waals surface area contributed by atoms with Crippen LogP contribution in [0.25, 0.3) is 11.3 Å². The Morgan fingerprint density at radius 1 is 1.25 bits per heavy atom. The van der Waals surface area contributed by atoms with Crippen LogP contribution in [0.1, 0.15) is 21.7 Å². The SMILES string of the molecule is Cc1cc(C)c(-c2ccc(C=O)o2)c(Cl)c1. The van der Waals surface area contributed by atoms with Crippen LogP contribution in [0.3, 0.4) is 0 Å². The maximum atomic E-state index is 10.5. The number of rotatable bonds is 2. The molecule has 0 aliphatic rings. The van der Waals surface area contributed by atoms with E-state index in [-0.39, 0.29) is 0 Å². The Bertz CT molecular complexity index is 518. The Kier molecular flexibility index (Phi) is 2.84. The van der Waals surface area contributed by atoms with Crippen LogP contribution in [0.4, 0.5) is 0 Å². The maximum Gasteiger partial charge on any atom is 0.185 e. The Balaban J connectivity index is 2.59. The molecule has 2 nitrogen and oxygen atoms in total. The summed E-state index contributed by atoms with van der Waals surface area (Å²) < 4.78 is 5.37. The van der Waals surface area contributed by atoms with Crippen molar-refractivity contribution in [3.8, 4) is 11.3 Å². The zero-order valence-corrected chi connectivity index (χ0v) is 9.84. The third kappa shape index (κ3) is 1.89. The van der Waals surface area contributed by atoms with Crippen molar-refractivity contribution < 1.29 is 9.21 Å². The number of halogens is 1. The first-order valence-corrected chi connectivity index (χ1v) is 5.31. The van der Waals surface area contributed by atoms with Gasteiger partial charge < -0.3 is 4.42 Å². The molecule has 0 amide bonds. The smallest absolute Gasteiger partial charge is 0.185 e. The second-order valence-electron chi connectivity index (χ2n) is 3.76. The first kappa shape index (κ1) is 11.0. The summed E-state index contributed by atoms with van der Waals surface area (Å²) in [7, 11) is 0. The second-order valence-corrected chi connectivity index (χ2v) is 4.17. The number of benzene rings is 1. The Labute approximate surface area is 98.8 Å². The van der Waals surface area contributed by atoms with Gasteiger partial charge in [-0.3, -0.25) is 4.79 Å². The number of carbonyl (C=O) groups excluding carboxylic acids is 1. The van der Waals surface area contributed by atoms with Crippen LogP contribution in [0.2, 0.25) is 5.02 Å². The first-order valence-electron chi connectivity index (χ1n) is 4.94. The molecule has 0 radical (unpaired) electrons. The largest absolute Gasteiger partial charge is 0.453 e. The molecule has 2 rings (SSSR count). The van der Waals surface area contributed by atoms with Crippen LogP contribution in [0, 0.1) is 13.8 Å². The van der Waals surface area contributed by atoms with Crippen molar-refractivity contribution in [2.24, 2.45) is 0 Å². The lowest BCUT2D eigenvalue weighted by molar-refractivity contribution is 0.110. The van der Waals surface area contributed by atoms with E-state index < -0.39 is 0 Å². The summed E-state index contributed by atoms with van der Waals surface area (Å²) in [5.74, 6) is 0.940. The highest BCUT2D eigenvalue weighted by atomic mass is 35.5. The molecule has 0 N–H and O–H groups in total. The molecule has 3 heteroatoms. The van der Waals surface area contributed by atoms with Crippen LogP contribution >= 0.6 is 11.6 Å². The summed E-state index contributed by atoms with van der Waals surface area (Å²) >= 11 is 6.17. The molecular weight excluding hydrogens is 224 g/mol. The zero-order chi connectivity index (χ0) is 11.7. The van der Waals surface area contributed by atoms with Crippen molar-refractivity contribution in [1.82, 2.24) is 0 Å². The molecule has 0 spiro atoms. The summed E-state index contributed by atoms with van der Waals surface area (Å²) in [5.41, 5.74) is 2.99. The Morgan fingerprint density at radius 2 is 2.00 bits per heavy atom. The molecule has 0 fully saturated rings. The number of hydrogen-bond donors (Lipinski definition) is 0. The average Bonchev–Trinajstić information content (AvgIpc) is 2.64. The van der Waals surface area contributed by atoms with E-state index in [1.165, 1.54) is 0 Å². The average molecular weight is 235 g/mol. The molecule has 0 bridgehead atoms. The van der Waals surface area contributed by atoms with Gasteiger partial charge >= 0.3 is 0 Å². The molecule has 82 valence electrons. The van der Waals surface area contributed by atoms with Crippen LogP contribution in [-0.4, -0.2) is 6.29 Å². The minimum Gasteiger partial charge on any atom is -0.453 e. The summed E-state index contributed by atoms with van der Waals surface area (Å²) in [6, 6.07) is 7.31. The fourth-order valence-electron chi connectivity index (χ4n) is 1.78. The van der Waals surface area contributed by atoms with E-state index in [2.05, 4.69) is 0 Å². The van der Waals surface area contributed by atoms with E-state index in [9.17, 15) is 4.79 Å². The van der Waals surface area contributed by atoms with E-state index in [0.29, 0.717) is 22.8 Å². The third-order valence-electron chi connectivity index (χ3n) is 2.42.